The summed E-state index contributed by atoms with van der Waals surface area (Å²) in [7, 11) is 0. The van der Waals surface area contributed by atoms with Crippen molar-refractivity contribution in [1.29, 1.82) is 0 Å². The highest BCUT2D eigenvalue weighted by Gasteiger charge is 2.45. The summed E-state index contributed by atoms with van der Waals surface area (Å²) < 4.78 is 0. The Balaban J connectivity index is 2.06. The maximum atomic E-state index is 12.3. The van der Waals surface area contributed by atoms with Gasteiger partial charge in [0, 0.05) is 20.0 Å². The first-order chi connectivity index (χ1) is 11.7. The van der Waals surface area contributed by atoms with E-state index in [1.807, 2.05) is 60.7 Å². The van der Waals surface area contributed by atoms with Crippen molar-refractivity contribution in [1.82, 2.24) is 5.01 Å². The van der Waals surface area contributed by atoms with Gasteiger partial charge in [-0.2, -0.15) is 5.10 Å². The van der Waals surface area contributed by atoms with Gasteiger partial charge < -0.3 is 5.11 Å². The molecule has 1 amide bonds. The number of hydrogen-bond donors (Lipinski definition) is 1. The summed E-state index contributed by atoms with van der Waals surface area (Å²) in [5, 5.41) is 15.6. The highest BCUT2D eigenvalue weighted by molar-refractivity contribution is 6.03. The number of amides is 1. The molecular formula is C20H22N2O2. The molecule has 0 fully saturated rings. The van der Waals surface area contributed by atoms with Gasteiger partial charge in [-0.1, -0.05) is 60.7 Å². The van der Waals surface area contributed by atoms with Crippen molar-refractivity contribution in [3.63, 3.8) is 0 Å². The number of hydrogen-bond acceptors (Lipinski definition) is 3. The number of carbonyl (C=O) groups is 1. The number of aliphatic hydroxyl groups is 1. The Labute approximate surface area is 142 Å². The van der Waals surface area contributed by atoms with Crippen molar-refractivity contribution < 1.29 is 9.90 Å². The van der Waals surface area contributed by atoms with Crippen LogP contribution >= 0.6 is 0 Å². The third-order valence-corrected chi connectivity index (χ3v) is 4.55. The van der Waals surface area contributed by atoms with E-state index < -0.39 is 5.54 Å². The zero-order chi connectivity index (χ0) is 17.0. The molecule has 1 aliphatic rings. The molecule has 4 heteroatoms. The fraction of sp³-hybridized carbons (Fsp3) is 0.300. The highest BCUT2D eigenvalue weighted by atomic mass is 16.3. The lowest BCUT2D eigenvalue weighted by Gasteiger charge is -2.36. The van der Waals surface area contributed by atoms with E-state index in [9.17, 15) is 9.90 Å². The first kappa shape index (κ1) is 16.4. The van der Waals surface area contributed by atoms with E-state index in [0.29, 0.717) is 19.3 Å². The fourth-order valence-electron chi connectivity index (χ4n) is 3.45. The van der Waals surface area contributed by atoms with Crippen LogP contribution in [-0.2, 0) is 10.3 Å². The summed E-state index contributed by atoms with van der Waals surface area (Å²) in [4.78, 5) is 12.3. The summed E-state index contributed by atoms with van der Waals surface area (Å²) in [5.74, 6) is -0.0808. The third kappa shape index (κ3) is 2.97. The van der Waals surface area contributed by atoms with Crippen LogP contribution in [0.15, 0.2) is 65.8 Å². The molecule has 2 aromatic carbocycles. The van der Waals surface area contributed by atoms with Gasteiger partial charge in [0.1, 0.15) is 0 Å². The molecule has 1 heterocycles. The van der Waals surface area contributed by atoms with Gasteiger partial charge in [0.05, 0.1) is 11.3 Å². The number of benzene rings is 2. The second-order valence-corrected chi connectivity index (χ2v) is 6.15. The predicted molar refractivity (Wildman–Crippen MR) is 94.6 cm³/mol. The Kier molecular flexibility index (Phi) is 4.76. The van der Waals surface area contributed by atoms with Gasteiger partial charge in [0.25, 0.3) is 0 Å². The van der Waals surface area contributed by atoms with Gasteiger partial charge in [0.15, 0.2) is 0 Å². The molecule has 0 aliphatic carbocycles. The smallest absolute Gasteiger partial charge is 0.240 e. The van der Waals surface area contributed by atoms with Crippen LogP contribution in [0.5, 0.6) is 0 Å². The largest absolute Gasteiger partial charge is 0.396 e. The van der Waals surface area contributed by atoms with Crippen LogP contribution in [0.3, 0.4) is 0 Å². The molecule has 24 heavy (non-hydrogen) atoms. The quantitative estimate of drug-likeness (QED) is 0.918. The second kappa shape index (κ2) is 6.97. The molecule has 1 unspecified atom stereocenters. The number of rotatable bonds is 5. The third-order valence-electron chi connectivity index (χ3n) is 4.55. The van der Waals surface area contributed by atoms with E-state index in [0.717, 1.165) is 16.8 Å². The Morgan fingerprint density at radius 2 is 1.75 bits per heavy atom. The summed E-state index contributed by atoms with van der Waals surface area (Å²) in [5.41, 5.74) is 2.47. The zero-order valence-electron chi connectivity index (χ0n) is 13.9. The minimum absolute atomic E-state index is 0.0808. The summed E-state index contributed by atoms with van der Waals surface area (Å²) in [6.45, 7) is 1.65. The van der Waals surface area contributed by atoms with Crippen molar-refractivity contribution >= 4 is 11.6 Å². The highest BCUT2D eigenvalue weighted by Crippen LogP contribution is 2.42. The molecule has 0 spiro atoms. The molecule has 0 saturated carbocycles. The molecule has 1 N–H and O–H groups in total. The van der Waals surface area contributed by atoms with E-state index in [4.69, 9.17) is 0 Å². The maximum Gasteiger partial charge on any atom is 0.240 e. The van der Waals surface area contributed by atoms with Gasteiger partial charge in [-0.3, -0.25) is 4.79 Å². The van der Waals surface area contributed by atoms with Crippen molar-refractivity contribution in [3.8, 4) is 0 Å². The molecule has 3 rings (SSSR count). The molecular weight excluding hydrogens is 300 g/mol. The van der Waals surface area contributed by atoms with Crippen molar-refractivity contribution in [3.05, 3.63) is 71.8 Å². The minimum Gasteiger partial charge on any atom is -0.396 e. The number of carbonyl (C=O) groups excluding carboxylic acids is 1. The Morgan fingerprint density at radius 3 is 2.33 bits per heavy atom. The van der Waals surface area contributed by atoms with Crippen LogP contribution < -0.4 is 0 Å². The van der Waals surface area contributed by atoms with Crippen LogP contribution in [-0.4, -0.2) is 28.3 Å². The number of aliphatic hydroxyl groups excluding tert-OH is 1. The Hall–Kier alpha value is -2.46. The molecule has 0 radical (unpaired) electrons. The molecule has 0 bridgehead atoms. The van der Waals surface area contributed by atoms with Crippen molar-refractivity contribution in [2.45, 2.75) is 31.7 Å². The normalized spacial score (nSPS) is 20.1. The van der Waals surface area contributed by atoms with Crippen molar-refractivity contribution in [2.75, 3.05) is 6.61 Å². The summed E-state index contributed by atoms with van der Waals surface area (Å²) >= 11 is 0. The number of nitrogens with zero attached hydrogens (tertiary/aromatic N) is 2. The van der Waals surface area contributed by atoms with Crippen molar-refractivity contribution in [2.24, 2.45) is 5.10 Å². The summed E-state index contributed by atoms with van der Waals surface area (Å²) in [6, 6.07) is 20.0. The van der Waals surface area contributed by atoms with Crippen LogP contribution in [0.1, 0.15) is 37.3 Å². The number of hydrazone groups is 1. The monoisotopic (exact) mass is 322 g/mol. The van der Waals surface area contributed by atoms with Gasteiger partial charge in [-0.05, 0) is 24.0 Å². The lowest BCUT2D eigenvalue weighted by Crippen LogP contribution is -2.42. The SMILES string of the molecule is CC(=O)N1N=C(c2ccccc2)CC1(CCCO)c1ccccc1. The Bertz CT molecular complexity index is 728. The average molecular weight is 322 g/mol. The lowest BCUT2D eigenvalue weighted by molar-refractivity contribution is -0.135. The molecule has 2 aromatic rings. The van der Waals surface area contributed by atoms with E-state index in [1.165, 1.54) is 0 Å². The van der Waals surface area contributed by atoms with Crippen LogP contribution in [0.2, 0.25) is 0 Å². The zero-order valence-corrected chi connectivity index (χ0v) is 13.9. The predicted octanol–water partition coefficient (Wildman–Crippen LogP) is 3.31. The molecule has 0 aromatic heterocycles. The van der Waals surface area contributed by atoms with E-state index in [-0.39, 0.29) is 12.5 Å². The molecule has 1 aliphatic heterocycles. The van der Waals surface area contributed by atoms with Gasteiger partial charge in [-0.15, -0.1) is 0 Å². The van der Waals surface area contributed by atoms with E-state index in [1.54, 1.807) is 11.9 Å². The minimum atomic E-state index is -0.527. The van der Waals surface area contributed by atoms with Gasteiger partial charge >= 0.3 is 0 Å². The average Bonchev–Trinajstić information content (AvgIpc) is 3.03. The van der Waals surface area contributed by atoms with Crippen LogP contribution in [0, 0.1) is 0 Å². The Morgan fingerprint density at radius 1 is 1.12 bits per heavy atom. The fourth-order valence-corrected chi connectivity index (χ4v) is 3.45. The van der Waals surface area contributed by atoms with Crippen LogP contribution in [0.4, 0.5) is 0 Å². The molecule has 0 saturated heterocycles. The second-order valence-electron chi connectivity index (χ2n) is 6.15. The van der Waals surface area contributed by atoms with E-state index in [2.05, 4.69) is 5.10 Å². The first-order valence-corrected chi connectivity index (χ1v) is 8.27. The van der Waals surface area contributed by atoms with E-state index >= 15 is 0 Å². The first-order valence-electron chi connectivity index (χ1n) is 8.27. The lowest BCUT2D eigenvalue weighted by atomic mass is 9.80. The standard InChI is InChI=1S/C20H22N2O2/c1-16(24)22-20(13-8-14-23,18-11-6-3-7-12-18)15-19(21-22)17-9-4-2-5-10-17/h2-7,9-12,23H,8,13-15H2,1H3. The van der Waals surface area contributed by atoms with Gasteiger partial charge in [-0.25, -0.2) is 5.01 Å². The topological polar surface area (TPSA) is 52.9 Å². The molecule has 1 atom stereocenters. The van der Waals surface area contributed by atoms with Gasteiger partial charge in [0.2, 0.25) is 5.91 Å². The summed E-state index contributed by atoms with van der Waals surface area (Å²) in [6.07, 6.45) is 1.95. The van der Waals surface area contributed by atoms with Crippen LogP contribution in [0.25, 0.3) is 0 Å². The maximum absolute atomic E-state index is 12.3. The molecule has 124 valence electrons. The molecule has 4 nitrogen and oxygen atoms in total.